The van der Waals surface area contributed by atoms with Crippen LogP contribution in [-0.4, -0.2) is 37.6 Å². The predicted octanol–water partition coefficient (Wildman–Crippen LogP) is 2.33. The van der Waals surface area contributed by atoms with Gasteiger partial charge < -0.3 is 15.0 Å². The van der Waals surface area contributed by atoms with Gasteiger partial charge in [0.2, 0.25) is 0 Å². The van der Waals surface area contributed by atoms with Crippen molar-refractivity contribution in [3.05, 3.63) is 29.6 Å². The third-order valence-corrected chi connectivity index (χ3v) is 3.70. The Kier molecular flexibility index (Phi) is 5.99. The first kappa shape index (κ1) is 15.8. The molecule has 0 saturated carbocycles. The van der Waals surface area contributed by atoms with Gasteiger partial charge in [0, 0.05) is 25.2 Å². The van der Waals surface area contributed by atoms with Gasteiger partial charge in [-0.1, -0.05) is 12.8 Å². The number of nitrogens with zero attached hydrogens (tertiary/aromatic N) is 1. The molecule has 1 N–H and O–H groups in total. The van der Waals surface area contributed by atoms with Crippen LogP contribution in [-0.2, 0) is 11.3 Å². The van der Waals surface area contributed by atoms with E-state index in [4.69, 9.17) is 4.74 Å². The lowest BCUT2D eigenvalue weighted by atomic mass is 10.2. The van der Waals surface area contributed by atoms with Crippen LogP contribution in [0.15, 0.2) is 18.2 Å². The van der Waals surface area contributed by atoms with Gasteiger partial charge in [0.1, 0.15) is 11.6 Å². The topological polar surface area (TPSA) is 41.6 Å². The molecule has 0 aliphatic carbocycles. The van der Waals surface area contributed by atoms with E-state index in [-0.39, 0.29) is 18.3 Å². The van der Waals surface area contributed by atoms with Gasteiger partial charge in [-0.05, 0) is 38.1 Å². The summed E-state index contributed by atoms with van der Waals surface area (Å²) >= 11 is 0. The van der Waals surface area contributed by atoms with Crippen molar-refractivity contribution in [3.63, 3.8) is 0 Å². The monoisotopic (exact) mass is 294 g/mol. The van der Waals surface area contributed by atoms with Crippen LogP contribution in [0.2, 0.25) is 0 Å². The molecule has 1 saturated heterocycles. The van der Waals surface area contributed by atoms with Crippen molar-refractivity contribution in [2.24, 2.45) is 0 Å². The number of nitrogens with one attached hydrogen (secondary N) is 1. The Morgan fingerprint density at radius 3 is 2.67 bits per heavy atom. The van der Waals surface area contributed by atoms with Crippen molar-refractivity contribution in [3.8, 4) is 5.75 Å². The van der Waals surface area contributed by atoms with Crippen molar-refractivity contribution in [2.75, 3.05) is 26.7 Å². The summed E-state index contributed by atoms with van der Waals surface area (Å²) in [6.45, 7) is 2.15. The Balaban J connectivity index is 1.93. The zero-order valence-corrected chi connectivity index (χ0v) is 12.5. The fourth-order valence-electron chi connectivity index (χ4n) is 2.57. The molecule has 21 heavy (non-hydrogen) atoms. The first-order valence-electron chi connectivity index (χ1n) is 7.54. The number of amides is 1. The second-order valence-corrected chi connectivity index (χ2v) is 5.37. The van der Waals surface area contributed by atoms with E-state index in [2.05, 4.69) is 5.32 Å². The van der Waals surface area contributed by atoms with E-state index >= 15 is 0 Å². The van der Waals surface area contributed by atoms with E-state index in [1.165, 1.54) is 25.0 Å². The van der Waals surface area contributed by atoms with Crippen molar-refractivity contribution in [1.29, 1.82) is 0 Å². The van der Waals surface area contributed by atoms with Crippen LogP contribution in [0, 0.1) is 5.82 Å². The zero-order valence-electron chi connectivity index (χ0n) is 12.5. The molecular formula is C16H23FN2O2. The molecular weight excluding hydrogens is 271 g/mol. The minimum absolute atomic E-state index is 0.0108. The van der Waals surface area contributed by atoms with E-state index in [1.807, 2.05) is 4.90 Å². The minimum atomic E-state index is -0.300. The lowest BCUT2D eigenvalue weighted by Crippen LogP contribution is -2.35. The van der Waals surface area contributed by atoms with Gasteiger partial charge in [-0.15, -0.1) is 0 Å². The molecule has 1 aromatic carbocycles. The van der Waals surface area contributed by atoms with Crippen LogP contribution in [0.4, 0.5) is 4.39 Å². The molecule has 1 aliphatic heterocycles. The van der Waals surface area contributed by atoms with Crippen LogP contribution >= 0.6 is 0 Å². The number of benzene rings is 1. The first-order chi connectivity index (χ1) is 10.2. The fraction of sp³-hybridized carbons (Fsp3) is 0.562. The van der Waals surface area contributed by atoms with Gasteiger partial charge in [-0.3, -0.25) is 4.79 Å². The predicted molar refractivity (Wildman–Crippen MR) is 79.7 cm³/mol. The average molecular weight is 294 g/mol. The molecule has 0 aromatic heterocycles. The molecule has 116 valence electrons. The molecule has 5 heteroatoms. The maximum atomic E-state index is 13.2. The first-order valence-corrected chi connectivity index (χ1v) is 7.54. The van der Waals surface area contributed by atoms with E-state index in [1.54, 1.807) is 13.1 Å². The Morgan fingerprint density at radius 2 is 2.00 bits per heavy atom. The summed E-state index contributed by atoms with van der Waals surface area (Å²) in [5, 5.41) is 2.97. The average Bonchev–Trinajstić information content (AvgIpc) is 2.75. The molecule has 1 aromatic rings. The Bertz CT molecular complexity index is 471. The van der Waals surface area contributed by atoms with Gasteiger partial charge in [-0.2, -0.15) is 0 Å². The lowest BCUT2D eigenvalue weighted by molar-refractivity contribution is -0.133. The second-order valence-electron chi connectivity index (χ2n) is 5.37. The van der Waals surface area contributed by atoms with Gasteiger partial charge in [0.25, 0.3) is 5.91 Å². The summed E-state index contributed by atoms with van der Waals surface area (Å²) in [6.07, 6.45) is 4.50. The third-order valence-electron chi connectivity index (χ3n) is 3.70. The Hall–Kier alpha value is -1.62. The number of carbonyl (C=O) groups excluding carboxylic acids is 1. The summed E-state index contributed by atoms with van der Waals surface area (Å²) in [5.74, 6) is 0.275. The fourth-order valence-corrected chi connectivity index (χ4v) is 2.57. The molecule has 1 heterocycles. The van der Waals surface area contributed by atoms with Crippen LogP contribution in [0.1, 0.15) is 31.2 Å². The molecule has 1 fully saturated rings. The summed E-state index contributed by atoms with van der Waals surface area (Å²) in [5.41, 5.74) is 0.723. The number of carbonyl (C=O) groups is 1. The molecule has 0 bridgehead atoms. The maximum absolute atomic E-state index is 13.2. The van der Waals surface area contributed by atoms with Crippen LogP contribution in [0.5, 0.6) is 5.75 Å². The van der Waals surface area contributed by atoms with Gasteiger partial charge in [0.05, 0.1) is 0 Å². The van der Waals surface area contributed by atoms with Crippen molar-refractivity contribution < 1.29 is 13.9 Å². The number of likely N-dealkylation sites (tertiary alicyclic amines) is 1. The van der Waals surface area contributed by atoms with Crippen molar-refractivity contribution >= 4 is 5.91 Å². The van der Waals surface area contributed by atoms with E-state index < -0.39 is 0 Å². The van der Waals surface area contributed by atoms with Gasteiger partial charge in [0.15, 0.2) is 6.61 Å². The van der Waals surface area contributed by atoms with Gasteiger partial charge >= 0.3 is 0 Å². The largest absolute Gasteiger partial charge is 0.483 e. The Morgan fingerprint density at radius 1 is 1.29 bits per heavy atom. The second kappa shape index (κ2) is 7.98. The highest BCUT2D eigenvalue weighted by atomic mass is 19.1. The van der Waals surface area contributed by atoms with Crippen molar-refractivity contribution in [1.82, 2.24) is 10.2 Å². The zero-order chi connectivity index (χ0) is 15.1. The number of ether oxygens (including phenoxy) is 1. The number of hydrogen-bond donors (Lipinski definition) is 1. The number of hydrogen-bond acceptors (Lipinski definition) is 3. The third kappa shape index (κ3) is 4.70. The van der Waals surface area contributed by atoms with Crippen LogP contribution in [0.25, 0.3) is 0 Å². The summed E-state index contributed by atoms with van der Waals surface area (Å²) in [6, 6.07) is 4.37. The highest BCUT2D eigenvalue weighted by Crippen LogP contribution is 2.20. The molecule has 0 unspecified atom stereocenters. The highest BCUT2D eigenvalue weighted by Gasteiger charge is 2.16. The summed E-state index contributed by atoms with van der Waals surface area (Å²) in [4.78, 5) is 14.0. The van der Waals surface area contributed by atoms with E-state index in [0.717, 1.165) is 31.5 Å². The maximum Gasteiger partial charge on any atom is 0.260 e. The molecule has 0 atom stereocenters. The summed E-state index contributed by atoms with van der Waals surface area (Å²) < 4.78 is 18.8. The standard InChI is InChI=1S/C16H23FN2O2/c1-18-11-13-10-14(17)6-7-15(13)21-12-16(20)19-8-4-2-3-5-9-19/h6-7,10,18H,2-5,8-9,11-12H2,1H3. The van der Waals surface area contributed by atoms with E-state index in [9.17, 15) is 9.18 Å². The minimum Gasteiger partial charge on any atom is -0.483 e. The molecule has 1 amide bonds. The Labute approximate surface area is 125 Å². The van der Waals surface area contributed by atoms with Crippen LogP contribution < -0.4 is 10.1 Å². The normalized spacial score (nSPS) is 15.6. The lowest BCUT2D eigenvalue weighted by Gasteiger charge is -2.20. The van der Waals surface area contributed by atoms with Crippen LogP contribution in [0.3, 0.4) is 0 Å². The molecule has 0 spiro atoms. The highest BCUT2D eigenvalue weighted by molar-refractivity contribution is 5.77. The molecule has 4 nitrogen and oxygen atoms in total. The van der Waals surface area contributed by atoms with E-state index in [0.29, 0.717) is 12.3 Å². The molecule has 1 aliphatic rings. The van der Waals surface area contributed by atoms with Crippen molar-refractivity contribution in [2.45, 2.75) is 32.2 Å². The summed E-state index contributed by atoms with van der Waals surface area (Å²) in [7, 11) is 1.79. The molecule has 2 rings (SSSR count). The smallest absolute Gasteiger partial charge is 0.260 e. The molecule has 0 radical (unpaired) electrons. The quantitative estimate of drug-likeness (QED) is 0.906. The van der Waals surface area contributed by atoms with Gasteiger partial charge in [-0.25, -0.2) is 4.39 Å². The number of rotatable bonds is 5. The SMILES string of the molecule is CNCc1cc(F)ccc1OCC(=O)N1CCCCCC1. The number of halogens is 1.